The largest absolute Gasteiger partial charge is 0.481 e. The fourth-order valence-corrected chi connectivity index (χ4v) is 3.27. The van der Waals surface area contributed by atoms with Gasteiger partial charge in [-0.15, -0.1) is 0 Å². The summed E-state index contributed by atoms with van der Waals surface area (Å²) in [5.41, 5.74) is 0.798. The molecular weight excluding hydrogens is 294 g/mol. The van der Waals surface area contributed by atoms with Crippen molar-refractivity contribution >= 4 is 22.8 Å². The molecule has 3 atom stereocenters. The lowest BCUT2D eigenvalue weighted by molar-refractivity contribution is -0.144. The number of carbonyl (C=O) groups excluding carboxylic acids is 1. The number of carboxylic acids is 1. The van der Waals surface area contributed by atoms with Crippen LogP contribution in [0.4, 0.5) is 0 Å². The Kier molecular flexibility index (Phi) is 4.37. The second kappa shape index (κ2) is 6.44. The Bertz CT molecular complexity index is 688. The van der Waals surface area contributed by atoms with E-state index in [1.165, 1.54) is 0 Å². The summed E-state index contributed by atoms with van der Waals surface area (Å²) < 4.78 is 5.77. The van der Waals surface area contributed by atoms with E-state index in [1.54, 1.807) is 0 Å². The van der Waals surface area contributed by atoms with Crippen molar-refractivity contribution < 1.29 is 19.1 Å². The number of hydrogen-bond acceptors (Lipinski definition) is 3. The van der Waals surface area contributed by atoms with Gasteiger partial charge in [-0.25, -0.2) is 0 Å². The van der Waals surface area contributed by atoms with E-state index in [1.807, 2.05) is 37.3 Å². The predicted octanol–water partition coefficient (Wildman–Crippen LogP) is 3.50. The van der Waals surface area contributed by atoms with Gasteiger partial charge in [0.25, 0.3) is 0 Å². The zero-order valence-electron chi connectivity index (χ0n) is 13.1. The zero-order valence-corrected chi connectivity index (χ0v) is 13.1. The van der Waals surface area contributed by atoms with E-state index in [0.717, 1.165) is 23.8 Å². The van der Waals surface area contributed by atoms with Gasteiger partial charge < -0.3 is 14.8 Å². The third-order valence-corrected chi connectivity index (χ3v) is 4.62. The van der Waals surface area contributed by atoms with Gasteiger partial charge in [0.2, 0.25) is 5.91 Å². The third kappa shape index (κ3) is 3.38. The highest BCUT2D eigenvalue weighted by atomic mass is 16.4. The monoisotopic (exact) mass is 315 g/mol. The summed E-state index contributed by atoms with van der Waals surface area (Å²) in [6.07, 6.45) is 2.63. The van der Waals surface area contributed by atoms with Gasteiger partial charge in [0.15, 0.2) is 0 Å². The van der Waals surface area contributed by atoms with Gasteiger partial charge in [-0.05, 0) is 38.3 Å². The maximum atomic E-state index is 12.4. The normalized spacial score (nSPS) is 22.7. The zero-order chi connectivity index (χ0) is 16.4. The molecular formula is C18H21NO4. The Morgan fingerprint density at radius 3 is 2.74 bits per heavy atom. The molecule has 1 heterocycles. The molecule has 1 aliphatic rings. The van der Waals surface area contributed by atoms with Crippen molar-refractivity contribution in [1.82, 2.24) is 5.32 Å². The van der Waals surface area contributed by atoms with Gasteiger partial charge in [-0.1, -0.05) is 24.6 Å². The average Bonchev–Trinajstić information content (AvgIpc) is 2.99. The second-order valence-corrected chi connectivity index (χ2v) is 6.32. The van der Waals surface area contributed by atoms with Crippen LogP contribution in [0.25, 0.3) is 11.0 Å². The summed E-state index contributed by atoms with van der Waals surface area (Å²) in [6.45, 7) is 1.88. The number of amides is 1. The van der Waals surface area contributed by atoms with Crippen LogP contribution in [0.15, 0.2) is 34.7 Å². The van der Waals surface area contributed by atoms with E-state index in [2.05, 4.69) is 5.32 Å². The summed E-state index contributed by atoms with van der Waals surface area (Å²) in [5, 5.41) is 13.1. The SMILES string of the molecule is C[C@H](NC(=O)C1CCCC(C(=O)O)C1)c1cc2ccccc2o1. The van der Waals surface area contributed by atoms with Crippen LogP contribution in [-0.2, 0) is 9.59 Å². The van der Waals surface area contributed by atoms with Crippen LogP contribution < -0.4 is 5.32 Å². The van der Waals surface area contributed by atoms with E-state index in [9.17, 15) is 9.59 Å². The minimum atomic E-state index is -0.798. The molecule has 0 aliphatic heterocycles. The number of fused-ring (bicyclic) bond motifs is 1. The molecule has 5 nitrogen and oxygen atoms in total. The van der Waals surface area contributed by atoms with E-state index in [-0.39, 0.29) is 17.9 Å². The van der Waals surface area contributed by atoms with Gasteiger partial charge >= 0.3 is 5.97 Å². The molecule has 1 aliphatic carbocycles. The van der Waals surface area contributed by atoms with Crippen LogP contribution >= 0.6 is 0 Å². The number of hydrogen-bond donors (Lipinski definition) is 2. The van der Waals surface area contributed by atoms with E-state index < -0.39 is 11.9 Å². The average molecular weight is 315 g/mol. The number of nitrogens with one attached hydrogen (secondary N) is 1. The van der Waals surface area contributed by atoms with Crippen LogP contribution in [0.5, 0.6) is 0 Å². The molecule has 23 heavy (non-hydrogen) atoms. The van der Waals surface area contributed by atoms with Crippen molar-refractivity contribution in [3.05, 3.63) is 36.1 Å². The third-order valence-electron chi connectivity index (χ3n) is 4.62. The molecule has 1 fully saturated rings. The summed E-state index contributed by atoms with van der Waals surface area (Å²) in [6, 6.07) is 9.41. The molecule has 1 aromatic heterocycles. The van der Waals surface area contributed by atoms with Crippen LogP contribution in [-0.4, -0.2) is 17.0 Å². The van der Waals surface area contributed by atoms with Crippen molar-refractivity contribution in [2.45, 2.75) is 38.6 Å². The number of carboxylic acid groups (broad SMARTS) is 1. The van der Waals surface area contributed by atoms with Crippen molar-refractivity contribution in [1.29, 1.82) is 0 Å². The Morgan fingerprint density at radius 2 is 2.00 bits per heavy atom. The quantitative estimate of drug-likeness (QED) is 0.905. The molecule has 0 saturated heterocycles. The van der Waals surface area contributed by atoms with Crippen LogP contribution in [0.1, 0.15) is 44.4 Å². The topological polar surface area (TPSA) is 79.5 Å². The van der Waals surface area contributed by atoms with Gasteiger partial charge in [0, 0.05) is 11.3 Å². The van der Waals surface area contributed by atoms with Crippen LogP contribution in [0.2, 0.25) is 0 Å². The van der Waals surface area contributed by atoms with Crippen molar-refractivity contribution in [3.63, 3.8) is 0 Å². The fourth-order valence-electron chi connectivity index (χ4n) is 3.27. The molecule has 2 unspecified atom stereocenters. The van der Waals surface area contributed by atoms with E-state index in [4.69, 9.17) is 9.52 Å². The molecule has 0 bridgehead atoms. The molecule has 0 spiro atoms. The molecule has 5 heteroatoms. The molecule has 0 radical (unpaired) electrons. The maximum absolute atomic E-state index is 12.4. The summed E-state index contributed by atoms with van der Waals surface area (Å²) in [4.78, 5) is 23.5. The maximum Gasteiger partial charge on any atom is 0.306 e. The van der Waals surface area contributed by atoms with Gasteiger partial charge in [-0.2, -0.15) is 0 Å². The second-order valence-electron chi connectivity index (χ2n) is 6.32. The van der Waals surface area contributed by atoms with Crippen LogP contribution in [0, 0.1) is 11.8 Å². The molecule has 2 aromatic rings. The first-order chi connectivity index (χ1) is 11.0. The first-order valence-electron chi connectivity index (χ1n) is 8.06. The van der Waals surface area contributed by atoms with E-state index in [0.29, 0.717) is 18.6 Å². The molecule has 2 N–H and O–H groups in total. The predicted molar refractivity (Wildman–Crippen MR) is 85.9 cm³/mol. The lowest BCUT2D eigenvalue weighted by Crippen LogP contribution is -2.36. The Morgan fingerprint density at radius 1 is 1.26 bits per heavy atom. The minimum absolute atomic E-state index is 0.0797. The smallest absolute Gasteiger partial charge is 0.306 e. The number of rotatable bonds is 4. The molecule has 1 saturated carbocycles. The first-order valence-corrected chi connectivity index (χ1v) is 8.06. The molecule has 3 rings (SSSR count). The Balaban J connectivity index is 1.65. The molecule has 1 amide bonds. The number of carbonyl (C=O) groups is 2. The van der Waals surface area contributed by atoms with Crippen LogP contribution in [0.3, 0.4) is 0 Å². The summed E-state index contributed by atoms with van der Waals surface area (Å²) >= 11 is 0. The standard InChI is InChI=1S/C18H21NO4/c1-11(16-10-12-5-2-3-8-15(12)23-16)19-17(20)13-6-4-7-14(9-13)18(21)22/h2-3,5,8,10-11,13-14H,4,6-7,9H2,1H3,(H,19,20)(H,21,22)/t11-,13?,14?/m0/s1. The lowest BCUT2D eigenvalue weighted by Gasteiger charge is -2.26. The first kappa shape index (κ1) is 15.6. The number of aliphatic carboxylic acids is 1. The van der Waals surface area contributed by atoms with Crippen molar-refractivity contribution in [2.24, 2.45) is 11.8 Å². The fraction of sp³-hybridized carbons (Fsp3) is 0.444. The molecule has 1 aromatic carbocycles. The number of furan rings is 1. The van der Waals surface area contributed by atoms with Gasteiger partial charge in [-0.3, -0.25) is 9.59 Å². The highest BCUT2D eigenvalue weighted by molar-refractivity contribution is 5.81. The number of para-hydroxylation sites is 1. The molecule has 122 valence electrons. The van der Waals surface area contributed by atoms with E-state index >= 15 is 0 Å². The number of benzene rings is 1. The van der Waals surface area contributed by atoms with Crippen molar-refractivity contribution in [2.75, 3.05) is 0 Å². The van der Waals surface area contributed by atoms with Gasteiger partial charge in [0.05, 0.1) is 12.0 Å². The summed E-state index contributed by atoms with van der Waals surface area (Å²) in [7, 11) is 0. The summed E-state index contributed by atoms with van der Waals surface area (Å²) in [5.74, 6) is -0.792. The highest BCUT2D eigenvalue weighted by Gasteiger charge is 2.31. The lowest BCUT2D eigenvalue weighted by atomic mass is 9.81. The van der Waals surface area contributed by atoms with Gasteiger partial charge in [0.1, 0.15) is 11.3 Å². The minimum Gasteiger partial charge on any atom is -0.481 e. The highest BCUT2D eigenvalue weighted by Crippen LogP contribution is 2.30. The van der Waals surface area contributed by atoms with Crippen molar-refractivity contribution in [3.8, 4) is 0 Å². The Labute approximate surface area is 134 Å². The Hall–Kier alpha value is -2.30.